The van der Waals surface area contributed by atoms with Gasteiger partial charge in [-0.3, -0.25) is 0 Å². The summed E-state index contributed by atoms with van der Waals surface area (Å²) in [6.07, 6.45) is 16.1. The Bertz CT molecular complexity index is 214. The van der Waals surface area contributed by atoms with Gasteiger partial charge in [0.15, 0.2) is 0 Å². The van der Waals surface area contributed by atoms with Gasteiger partial charge in [0.1, 0.15) is 0 Å². The van der Waals surface area contributed by atoms with Gasteiger partial charge in [0.25, 0.3) is 0 Å². The van der Waals surface area contributed by atoms with Gasteiger partial charge in [-0.1, -0.05) is 78.6 Å². The minimum atomic E-state index is 0.974. The van der Waals surface area contributed by atoms with Gasteiger partial charge >= 0.3 is 0 Å². The predicted octanol–water partition coefficient (Wildman–Crippen LogP) is 5.79. The Morgan fingerprint density at radius 2 is 1.65 bits per heavy atom. The van der Waals surface area contributed by atoms with Crippen molar-refractivity contribution in [3.63, 3.8) is 0 Å². The number of unbranched alkanes of at least 4 members (excludes halogenated alkanes) is 2. The molecule has 0 saturated heterocycles. The zero-order valence-corrected chi connectivity index (χ0v) is 14.4. The minimum absolute atomic E-state index is 0.974. The molecule has 1 saturated carbocycles. The van der Waals surface area contributed by atoms with E-state index in [1.807, 2.05) is 0 Å². The fourth-order valence-corrected chi connectivity index (χ4v) is 3.94. The van der Waals surface area contributed by atoms with Crippen LogP contribution in [0, 0.1) is 17.8 Å². The summed E-state index contributed by atoms with van der Waals surface area (Å²) in [5.41, 5.74) is 0. The summed E-state index contributed by atoms with van der Waals surface area (Å²) in [6, 6.07) is 0. The third kappa shape index (κ3) is 7.67. The lowest BCUT2D eigenvalue weighted by atomic mass is 9.80. The van der Waals surface area contributed by atoms with Crippen molar-refractivity contribution < 1.29 is 0 Å². The van der Waals surface area contributed by atoms with Crippen LogP contribution < -0.4 is 5.32 Å². The number of nitrogens with one attached hydrogen (secondary N) is 1. The highest BCUT2D eigenvalue weighted by Gasteiger charge is 2.21. The maximum absolute atomic E-state index is 3.44. The molecule has 1 rings (SSSR count). The van der Waals surface area contributed by atoms with Crippen molar-refractivity contribution in [3.05, 3.63) is 0 Å². The Morgan fingerprint density at radius 3 is 2.40 bits per heavy atom. The maximum atomic E-state index is 3.44. The second kappa shape index (κ2) is 11.6. The van der Waals surface area contributed by atoms with Gasteiger partial charge < -0.3 is 5.32 Å². The van der Waals surface area contributed by atoms with Gasteiger partial charge in [-0.25, -0.2) is 0 Å². The molecule has 1 heteroatoms. The second-order valence-electron chi connectivity index (χ2n) is 7.10. The maximum Gasteiger partial charge on any atom is -0.00490 e. The van der Waals surface area contributed by atoms with Crippen molar-refractivity contribution in [2.24, 2.45) is 17.8 Å². The monoisotopic (exact) mass is 281 g/mol. The van der Waals surface area contributed by atoms with Crippen molar-refractivity contribution in [1.29, 1.82) is 0 Å². The molecule has 0 radical (unpaired) electrons. The molecule has 0 amide bonds. The van der Waals surface area contributed by atoms with Gasteiger partial charge in [-0.05, 0) is 43.7 Å². The first-order chi connectivity index (χ1) is 9.77. The average molecular weight is 282 g/mol. The SMILES string of the molecule is CCNCCCCCC1CCC(C)CCCCC1CC. The van der Waals surface area contributed by atoms with Crippen LogP contribution in [0.15, 0.2) is 0 Å². The summed E-state index contributed by atoms with van der Waals surface area (Å²) < 4.78 is 0. The highest BCUT2D eigenvalue weighted by atomic mass is 14.8. The zero-order valence-electron chi connectivity index (χ0n) is 14.4. The predicted molar refractivity (Wildman–Crippen MR) is 91.1 cm³/mol. The third-order valence-corrected chi connectivity index (χ3v) is 5.42. The molecule has 0 heterocycles. The molecule has 0 spiro atoms. The highest BCUT2D eigenvalue weighted by Crippen LogP contribution is 2.34. The number of rotatable bonds is 8. The van der Waals surface area contributed by atoms with Crippen LogP contribution >= 0.6 is 0 Å². The molecule has 1 aliphatic carbocycles. The van der Waals surface area contributed by atoms with E-state index in [0.717, 1.165) is 24.3 Å². The summed E-state index contributed by atoms with van der Waals surface area (Å²) >= 11 is 0. The van der Waals surface area contributed by atoms with Crippen LogP contribution in [-0.2, 0) is 0 Å². The van der Waals surface area contributed by atoms with E-state index in [2.05, 4.69) is 26.1 Å². The smallest absolute Gasteiger partial charge is 0.00490 e. The van der Waals surface area contributed by atoms with Gasteiger partial charge in [-0.2, -0.15) is 0 Å². The molecule has 1 N–H and O–H groups in total. The lowest BCUT2D eigenvalue weighted by molar-refractivity contribution is 0.253. The van der Waals surface area contributed by atoms with Crippen molar-refractivity contribution in [2.45, 2.75) is 91.4 Å². The molecule has 1 fully saturated rings. The van der Waals surface area contributed by atoms with Gasteiger partial charge in [-0.15, -0.1) is 0 Å². The first-order valence-corrected chi connectivity index (χ1v) is 9.48. The van der Waals surface area contributed by atoms with Crippen molar-refractivity contribution >= 4 is 0 Å². The topological polar surface area (TPSA) is 12.0 Å². The van der Waals surface area contributed by atoms with Crippen molar-refractivity contribution in [1.82, 2.24) is 5.32 Å². The molecular weight excluding hydrogens is 242 g/mol. The van der Waals surface area contributed by atoms with Crippen LogP contribution in [0.2, 0.25) is 0 Å². The average Bonchev–Trinajstić information content (AvgIpc) is 2.54. The van der Waals surface area contributed by atoms with Crippen LogP contribution in [0.5, 0.6) is 0 Å². The fourth-order valence-electron chi connectivity index (χ4n) is 3.94. The summed E-state index contributed by atoms with van der Waals surface area (Å²) in [5.74, 6) is 3.02. The van der Waals surface area contributed by atoms with E-state index in [4.69, 9.17) is 0 Å². The Morgan fingerprint density at radius 1 is 0.850 bits per heavy atom. The summed E-state index contributed by atoms with van der Waals surface area (Å²) in [4.78, 5) is 0. The molecule has 20 heavy (non-hydrogen) atoms. The quantitative estimate of drug-likeness (QED) is 0.555. The van der Waals surface area contributed by atoms with E-state index in [9.17, 15) is 0 Å². The van der Waals surface area contributed by atoms with Crippen LogP contribution in [0.1, 0.15) is 91.4 Å². The minimum Gasteiger partial charge on any atom is -0.317 e. The van der Waals surface area contributed by atoms with Gasteiger partial charge in [0.2, 0.25) is 0 Å². The molecule has 1 nitrogen and oxygen atoms in total. The van der Waals surface area contributed by atoms with Crippen LogP contribution in [0.25, 0.3) is 0 Å². The van der Waals surface area contributed by atoms with Crippen LogP contribution in [-0.4, -0.2) is 13.1 Å². The summed E-state index contributed by atoms with van der Waals surface area (Å²) in [7, 11) is 0. The molecule has 0 bridgehead atoms. The lowest BCUT2D eigenvalue weighted by Gasteiger charge is -2.26. The lowest BCUT2D eigenvalue weighted by Crippen LogP contribution is -2.16. The first-order valence-electron chi connectivity index (χ1n) is 9.48. The first kappa shape index (κ1) is 18.0. The van der Waals surface area contributed by atoms with Crippen molar-refractivity contribution in [3.8, 4) is 0 Å². The van der Waals surface area contributed by atoms with E-state index >= 15 is 0 Å². The zero-order chi connectivity index (χ0) is 14.6. The molecule has 0 aliphatic heterocycles. The van der Waals surface area contributed by atoms with E-state index in [1.165, 1.54) is 77.2 Å². The molecule has 3 atom stereocenters. The molecule has 0 aromatic carbocycles. The largest absolute Gasteiger partial charge is 0.317 e. The van der Waals surface area contributed by atoms with Gasteiger partial charge in [0.05, 0.1) is 0 Å². The van der Waals surface area contributed by atoms with E-state index in [-0.39, 0.29) is 0 Å². The van der Waals surface area contributed by atoms with E-state index < -0.39 is 0 Å². The highest BCUT2D eigenvalue weighted by molar-refractivity contribution is 4.73. The molecule has 3 unspecified atom stereocenters. The molecule has 0 aromatic heterocycles. The van der Waals surface area contributed by atoms with E-state index in [1.54, 1.807) is 0 Å². The summed E-state index contributed by atoms with van der Waals surface area (Å²) in [5, 5.41) is 3.44. The Labute approximate surface area is 128 Å². The van der Waals surface area contributed by atoms with E-state index in [0.29, 0.717) is 0 Å². The molecule has 120 valence electrons. The fraction of sp³-hybridized carbons (Fsp3) is 1.00. The number of hydrogen-bond donors (Lipinski definition) is 1. The standard InChI is InChI=1S/C19H39N/c1-4-18-12-9-8-11-17(3)14-15-19(18)13-7-6-10-16-20-5-2/h17-20H,4-16H2,1-3H3. The second-order valence-corrected chi connectivity index (χ2v) is 7.10. The summed E-state index contributed by atoms with van der Waals surface area (Å²) in [6.45, 7) is 9.43. The molecule has 0 aromatic rings. The molecule has 1 aliphatic rings. The Kier molecular flexibility index (Phi) is 10.4. The Hall–Kier alpha value is -0.0400. The normalized spacial score (nSPS) is 28.6. The van der Waals surface area contributed by atoms with Crippen LogP contribution in [0.4, 0.5) is 0 Å². The van der Waals surface area contributed by atoms with Crippen molar-refractivity contribution in [2.75, 3.05) is 13.1 Å². The third-order valence-electron chi connectivity index (χ3n) is 5.42. The van der Waals surface area contributed by atoms with Gasteiger partial charge in [0, 0.05) is 0 Å². The Balaban J connectivity index is 2.28. The molecular formula is C19H39N. The number of hydrogen-bond acceptors (Lipinski definition) is 1. The van der Waals surface area contributed by atoms with Crippen LogP contribution in [0.3, 0.4) is 0 Å².